The van der Waals surface area contributed by atoms with Gasteiger partial charge in [-0.15, -0.1) is 11.8 Å². The Morgan fingerprint density at radius 3 is 2.35 bits per heavy atom. The van der Waals surface area contributed by atoms with Crippen LogP contribution in [0, 0.1) is 0 Å². The van der Waals surface area contributed by atoms with E-state index in [2.05, 4.69) is 15.9 Å². The Kier molecular flexibility index (Phi) is 7.72. The molecule has 0 saturated carbocycles. The van der Waals surface area contributed by atoms with Crippen molar-refractivity contribution in [3.63, 3.8) is 0 Å². The predicted molar refractivity (Wildman–Crippen MR) is 105 cm³/mol. The standard InChI is InChI=1S/C17H17BrClF2O3PS/c18-16-11-12(4-9-15(16)17(20,21)25(22,23)24)3-1-2-10-26-14-7-5-13(19)6-8-14/h4-9,11H,1-3,10H2,(H2,22,23,24). The zero-order valence-corrected chi connectivity index (χ0v) is 17.6. The van der Waals surface area contributed by atoms with Gasteiger partial charge in [-0.1, -0.05) is 39.7 Å². The van der Waals surface area contributed by atoms with Crippen LogP contribution in [0.4, 0.5) is 8.78 Å². The van der Waals surface area contributed by atoms with Crippen molar-refractivity contribution >= 4 is 46.9 Å². The van der Waals surface area contributed by atoms with Gasteiger partial charge in [0.2, 0.25) is 0 Å². The van der Waals surface area contributed by atoms with E-state index in [1.165, 1.54) is 12.1 Å². The molecule has 0 saturated heterocycles. The van der Waals surface area contributed by atoms with Crippen LogP contribution < -0.4 is 0 Å². The van der Waals surface area contributed by atoms with Crippen molar-refractivity contribution in [2.24, 2.45) is 0 Å². The molecular weight excluding hydrogens is 469 g/mol. The Morgan fingerprint density at radius 2 is 1.77 bits per heavy atom. The van der Waals surface area contributed by atoms with Crippen LogP contribution in [0.2, 0.25) is 5.02 Å². The Bertz CT molecular complexity index is 799. The highest BCUT2D eigenvalue weighted by Crippen LogP contribution is 2.60. The highest BCUT2D eigenvalue weighted by Gasteiger charge is 2.51. The van der Waals surface area contributed by atoms with E-state index in [1.54, 1.807) is 11.8 Å². The molecule has 2 aromatic carbocycles. The van der Waals surface area contributed by atoms with Crippen LogP contribution in [0.5, 0.6) is 0 Å². The van der Waals surface area contributed by atoms with Crippen LogP contribution in [0.15, 0.2) is 51.8 Å². The maximum atomic E-state index is 13.8. The maximum Gasteiger partial charge on any atom is 0.399 e. The van der Waals surface area contributed by atoms with Gasteiger partial charge in [-0.25, -0.2) is 0 Å². The second-order valence-electron chi connectivity index (χ2n) is 5.66. The molecule has 0 heterocycles. The molecule has 2 N–H and O–H groups in total. The average molecular weight is 486 g/mol. The number of benzene rings is 2. The van der Waals surface area contributed by atoms with Gasteiger partial charge >= 0.3 is 13.3 Å². The van der Waals surface area contributed by atoms with Gasteiger partial charge in [0.1, 0.15) is 0 Å². The summed E-state index contributed by atoms with van der Waals surface area (Å²) in [5.41, 5.74) is -4.08. The summed E-state index contributed by atoms with van der Waals surface area (Å²) in [5.74, 6) is 0.928. The molecular formula is C17H17BrClF2O3PS. The van der Waals surface area contributed by atoms with Gasteiger partial charge in [-0.3, -0.25) is 4.57 Å². The van der Waals surface area contributed by atoms with Crippen LogP contribution in [-0.2, 0) is 16.6 Å². The molecule has 0 aliphatic heterocycles. The summed E-state index contributed by atoms with van der Waals surface area (Å²) in [6.07, 6.45) is 2.52. The number of halogens is 4. The Balaban J connectivity index is 1.86. The molecule has 26 heavy (non-hydrogen) atoms. The molecule has 2 rings (SSSR count). The van der Waals surface area contributed by atoms with Gasteiger partial charge in [-0.05, 0) is 60.9 Å². The number of aryl methyl sites for hydroxylation is 1. The molecule has 3 nitrogen and oxygen atoms in total. The first kappa shape index (κ1) is 21.9. The molecule has 0 fully saturated rings. The molecule has 0 unspecified atom stereocenters. The molecule has 0 aromatic heterocycles. The first-order chi connectivity index (χ1) is 12.1. The largest absolute Gasteiger partial charge is 0.399 e. The SMILES string of the molecule is O=P(O)(O)C(F)(F)c1ccc(CCCCSc2ccc(Cl)cc2)cc1Br. The lowest BCUT2D eigenvalue weighted by Crippen LogP contribution is -2.14. The Morgan fingerprint density at radius 1 is 1.12 bits per heavy atom. The van der Waals surface area contributed by atoms with Gasteiger partial charge < -0.3 is 9.79 Å². The van der Waals surface area contributed by atoms with Crippen LogP contribution in [0.3, 0.4) is 0 Å². The zero-order chi connectivity index (χ0) is 19.4. The van der Waals surface area contributed by atoms with Crippen molar-refractivity contribution < 1.29 is 23.1 Å². The van der Waals surface area contributed by atoms with E-state index in [4.69, 9.17) is 21.4 Å². The summed E-state index contributed by atoms with van der Waals surface area (Å²) >= 11 is 10.6. The number of rotatable bonds is 8. The minimum Gasteiger partial charge on any atom is -0.320 e. The third kappa shape index (κ3) is 5.78. The van der Waals surface area contributed by atoms with E-state index >= 15 is 0 Å². The first-order valence-electron chi connectivity index (χ1n) is 7.72. The Labute approximate surface area is 168 Å². The molecule has 0 aliphatic carbocycles. The van der Waals surface area contributed by atoms with Crippen LogP contribution in [0.1, 0.15) is 24.0 Å². The summed E-state index contributed by atoms with van der Waals surface area (Å²) in [6.45, 7) is 0. The third-order valence-electron chi connectivity index (χ3n) is 3.67. The van der Waals surface area contributed by atoms with Crippen molar-refractivity contribution in [3.8, 4) is 0 Å². The molecule has 9 heteroatoms. The van der Waals surface area contributed by atoms with Crippen LogP contribution in [0.25, 0.3) is 0 Å². The fourth-order valence-electron chi connectivity index (χ4n) is 2.27. The second kappa shape index (κ2) is 9.18. The van der Waals surface area contributed by atoms with Crippen molar-refractivity contribution in [2.75, 3.05) is 5.75 Å². The maximum absolute atomic E-state index is 13.8. The Hall–Kier alpha value is -0.430. The van der Waals surface area contributed by atoms with Crippen LogP contribution >= 0.6 is 46.9 Å². The molecule has 0 radical (unpaired) electrons. The number of thioether (sulfide) groups is 1. The highest BCUT2D eigenvalue weighted by molar-refractivity contribution is 9.10. The smallest absolute Gasteiger partial charge is 0.320 e. The van der Waals surface area contributed by atoms with Crippen molar-refractivity contribution in [3.05, 3.63) is 63.1 Å². The summed E-state index contributed by atoms with van der Waals surface area (Å²) < 4.78 is 38.6. The number of alkyl halides is 2. The molecule has 0 atom stereocenters. The quantitative estimate of drug-likeness (QED) is 0.256. The van der Waals surface area contributed by atoms with E-state index in [0.29, 0.717) is 11.4 Å². The molecule has 0 spiro atoms. The minimum atomic E-state index is -5.57. The molecule has 0 aliphatic rings. The molecule has 0 amide bonds. The topological polar surface area (TPSA) is 57.5 Å². The fourth-order valence-corrected chi connectivity index (χ4v) is 4.64. The lowest BCUT2D eigenvalue weighted by atomic mass is 10.1. The molecule has 142 valence electrons. The summed E-state index contributed by atoms with van der Waals surface area (Å²) in [5, 5.41) is 0.702. The van der Waals surface area contributed by atoms with Crippen molar-refractivity contribution in [1.29, 1.82) is 0 Å². The average Bonchev–Trinajstić information content (AvgIpc) is 2.55. The first-order valence-corrected chi connectivity index (χ1v) is 11.5. The third-order valence-corrected chi connectivity index (χ3v) is 6.64. The van der Waals surface area contributed by atoms with E-state index in [9.17, 15) is 13.3 Å². The van der Waals surface area contributed by atoms with E-state index < -0.39 is 18.8 Å². The summed E-state index contributed by atoms with van der Waals surface area (Å²) in [6, 6.07) is 11.7. The van der Waals surface area contributed by atoms with Gasteiger partial charge in [0.25, 0.3) is 0 Å². The molecule has 0 bridgehead atoms. The van der Waals surface area contributed by atoms with E-state index in [-0.39, 0.29) is 4.47 Å². The van der Waals surface area contributed by atoms with Crippen molar-refractivity contribution in [1.82, 2.24) is 0 Å². The fraction of sp³-hybridized carbons (Fsp3) is 0.294. The number of hydrogen-bond acceptors (Lipinski definition) is 2. The summed E-state index contributed by atoms with van der Waals surface area (Å²) in [7, 11) is -5.57. The number of hydrogen-bond donors (Lipinski definition) is 2. The highest BCUT2D eigenvalue weighted by atomic mass is 79.9. The van der Waals surface area contributed by atoms with Gasteiger partial charge in [0, 0.05) is 20.0 Å². The van der Waals surface area contributed by atoms with Crippen LogP contribution in [-0.4, -0.2) is 15.5 Å². The monoisotopic (exact) mass is 484 g/mol. The van der Waals surface area contributed by atoms with Gasteiger partial charge in [0.05, 0.1) is 0 Å². The minimum absolute atomic E-state index is 0.00105. The molecule has 2 aromatic rings. The lowest BCUT2D eigenvalue weighted by molar-refractivity contribution is 0.0557. The van der Waals surface area contributed by atoms with Gasteiger partial charge in [-0.2, -0.15) is 8.78 Å². The normalized spacial score (nSPS) is 12.4. The second-order valence-corrected chi connectivity index (χ2v) is 9.77. The van der Waals surface area contributed by atoms with E-state index in [0.717, 1.165) is 35.1 Å². The van der Waals surface area contributed by atoms with Gasteiger partial charge in [0.15, 0.2) is 0 Å². The summed E-state index contributed by atoms with van der Waals surface area (Å²) in [4.78, 5) is 18.8. The zero-order valence-electron chi connectivity index (χ0n) is 13.5. The number of unbranched alkanes of at least 4 members (excludes halogenated alkanes) is 1. The lowest BCUT2D eigenvalue weighted by Gasteiger charge is -2.19. The van der Waals surface area contributed by atoms with E-state index in [1.807, 2.05) is 24.3 Å². The van der Waals surface area contributed by atoms with Crippen molar-refractivity contribution in [2.45, 2.75) is 29.8 Å². The predicted octanol–water partition coefficient (Wildman–Crippen LogP) is 6.44.